The van der Waals surface area contributed by atoms with Crippen molar-refractivity contribution in [2.75, 3.05) is 37.7 Å². The van der Waals surface area contributed by atoms with Gasteiger partial charge in [0, 0.05) is 26.2 Å². The van der Waals surface area contributed by atoms with E-state index in [9.17, 15) is 14.4 Å². The van der Waals surface area contributed by atoms with Gasteiger partial charge in [-0.1, -0.05) is 18.2 Å². The van der Waals surface area contributed by atoms with Crippen LogP contribution >= 0.6 is 0 Å². The first-order chi connectivity index (χ1) is 15.9. The highest BCUT2D eigenvalue weighted by Gasteiger charge is 2.44. The number of carbonyl (C=O) groups is 3. The summed E-state index contributed by atoms with van der Waals surface area (Å²) in [5.74, 6) is 0.725. The first kappa shape index (κ1) is 21.5. The molecule has 0 N–H and O–H groups in total. The average molecular weight is 450 g/mol. The molecule has 3 aliphatic rings. The Kier molecular flexibility index (Phi) is 5.54. The van der Waals surface area contributed by atoms with Gasteiger partial charge in [-0.15, -0.1) is 0 Å². The van der Waals surface area contributed by atoms with Gasteiger partial charge in [0.1, 0.15) is 6.61 Å². The van der Waals surface area contributed by atoms with Crippen LogP contribution in [-0.2, 0) is 14.4 Å². The molecule has 0 bridgehead atoms. The van der Waals surface area contributed by atoms with Gasteiger partial charge in [0.25, 0.3) is 11.8 Å². The number of ether oxygens (including phenoxy) is 2. The van der Waals surface area contributed by atoms with Gasteiger partial charge in [0.05, 0.1) is 18.2 Å². The summed E-state index contributed by atoms with van der Waals surface area (Å²) in [6, 6.07) is 12.5. The molecule has 0 saturated carbocycles. The fraction of sp³-hybridized carbons (Fsp3) is 0.400. The molecular weight excluding hydrogens is 422 g/mol. The molecule has 8 heteroatoms. The van der Waals surface area contributed by atoms with Crippen LogP contribution in [0.4, 0.5) is 5.69 Å². The topological polar surface area (TPSA) is 79.4 Å². The Balaban J connectivity index is 1.21. The summed E-state index contributed by atoms with van der Waals surface area (Å²) in [5.41, 5.74) is 2.78. The van der Waals surface area contributed by atoms with Crippen molar-refractivity contribution in [3.05, 3.63) is 53.6 Å². The number of carbonyl (C=O) groups excluding carboxylic acids is 3. The summed E-state index contributed by atoms with van der Waals surface area (Å²) >= 11 is 0. The number of benzene rings is 2. The summed E-state index contributed by atoms with van der Waals surface area (Å²) in [6.45, 7) is 6.15. The number of anilines is 1. The monoisotopic (exact) mass is 449 g/mol. The lowest BCUT2D eigenvalue weighted by Gasteiger charge is -2.38. The maximum atomic E-state index is 13.1. The number of aryl methyl sites for hydroxylation is 2. The minimum absolute atomic E-state index is 0.116. The van der Waals surface area contributed by atoms with Crippen LogP contribution in [0.3, 0.4) is 0 Å². The maximum Gasteiger partial charge on any atom is 0.267 e. The van der Waals surface area contributed by atoms with E-state index in [1.54, 1.807) is 11.0 Å². The number of hydrogen-bond donors (Lipinski definition) is 0. The molecule has 33 heavy (non-hydrogen) atoms. The molecule has 0 aliphatic carbocycles. The lowest BCUT2D eigenvalue weighted by atomic mass is 10.1. The first-order valence-electron chi connectivity index (χ1n) is 11.3. The molecule has 0 radical (unpaired) electrons. The lowest BCUT2D eigenvalue weighted by Crippen LogP contribution is -2.57. The van der Waals surface area contributed by atoms with Crippen LogP contribution in [-0.4, -0.2) is 72.5 Å². The highest BCUT2D eigenvalue weighted by Crippen LogP contribution is 2.32. The molecule has 0 spiro atoms. The molecule has 5 rings (SSSR count). The van der Waals surface area contributed by atoms with Gasteiger partial charge in [-0.05, 0) is 49.2 Å². The fourth-order valence-electron chi connectivity index (χ4n) is 4.64. The largest absolute Gasteiger partial charge is 0.485 e. The van der Waals surface area contributed by atoms with E-state index in [4.69, 9.17) is 9.47 Å². The van der Waals surface area contributed by atoms with Crippen molar-refractivity contribution in [1.82, 2.24) is 9.80 Å². The van der Waals surface area contributed by atoms with Crippen LogP contribution in [0.25, 0.3) is 0 Å². The summed E-state index contributed by atoms with van der Waals surface area (Å²) in [6.07, 6.45) is -0.516. The van der Waals surface area contributed by atoms with Crippen molar-refractivity contribution in [1.29, 1.82) is 0 Å². The van der Waals surface area contributed by atoms with Gasteiger partial charge in [-0.2, -0.15) is 0 Å². The van der Waals surface area contributed by atoms with Gasteiger partial charge in [-0.3, -0.25) is 19.3 Å². The number of para-hydroxylation sites is 2. The van der Waals surface area contributed by atoms with Crippen molar-refractivity contribution in [2.45, 2.75) is 32.4 Å². The normalized spacial score (nSPS) is 23.2. The second-order valence-electron chi connectivity index (χ2n) is 8.78. The Labute approximate surface area is 192 Å². The van der Waals surface area contributed by atoms with E-state index in [1.807, 2.05) is 55.1 Å². The minimum atomic E-state index is -0.679. The Morgan fingerprint density at radius 3 is 2.39 bits per heavy atom. The summed E-state index contributed by atoms with van der Waals surface area (Å²) in [4.78, 5) is 43.9. The zero-order valence-electron chi connectivity index (χ0n) is 18.8. The third-order valence-corrected chi connectivity index (χ3v) is 6.72. The maximum absolute atomic E-state index is 13.1. The van der Waals surface area contributed by atoms with Crippen LogP contribution in [0.15, 0.2) is 42.5 Å². The molecular formula is C25H27N3O5. The highest BCUT2D eigenvalue weighted by molar-refractivity contribution is 6.22. The second kappa shape index (κ2) is 8.51. The molecule has 2 aromatic rings. The molecule has 0 unspecified atom stereocenters. The first-order valence-corrected chi connectivity index (χ1v) is 11.3. The molecule has 3 heterocycles. The third-order valence-electron chi connectivity index (χ3n) is 6.72. The zero-order valence-corrected chi connectivity index (χ0v) is 18.8. The Morgan fingerprint density at radius 2 is 1.67 bits per heavy atom. The Morgan fingerprint density at radius 1 is 0.939 bits per heavy atom. The summed E-state index contributed by atoms with van der Waals surface area (Å²) in [5, 5.41) is 0. The van der Waals surface area contributed by atoms with Crippen molar-refractivity contribution >= 4 is 23.4 Å². The second-order valence-corrected chi connectivity index (χ2v) is 8.78. The van der Waals surface area contributed by atoms with Crippen molar-refractivity contribution < 1.29 is 23.9 Å². The molecule has 2 fully saturated rings. The van der Waals surface area contributed by atoms with E-state index in [1.165, 1.54) is 4.90 Å². The molecule has 2 saturated heterocycles. The van der Waals surface area contributed by atoms with E-state index in [-0.39, 0.29) is 30.7 Å². The van der Waals surface area contributed by atoms with E-state index in [2.05, 4.69) is 0 Å². The van der Waals surface area contributed by atoms with Gasteiger partial charge >= 0.3 is 0 Å². The zero-order chi connectivity index (χ0) is 23.1. The average Bonchev–Trinajstić information content (AvgIpc) is 3.14. The van der Waals surface area contributed by atoms with E-state index >= 15 is 0 Å². The molecule has 8 nitrogen and oxygen atoms in total. The van der Waals surface area contributed by atoms with Crippen molar-refractivity contribution in [3.63, 3.8) is 0 Å². The fourth-order valence-corrected chi connectivity index (χ4v) is 4.64. The number of rotatable bonds is 3. The number of amides is 3. The van der Waals surface area contributed by atoms with E-state index in [0.717, 1.165) is 11.1 Å². The molecule has 3 aliphatic heterocycles. The summed E-state index contributed by atoms with van der Waals surface area (Å²) < 4.78 is 11.5. The molecule has 2 aromatic carbocycles. The smallest absolute Gasteiger partial charge is 0.267 e. The SMILES string of the molecule is Cc1ccc(N2C(=O)C[C@H](N3CCN(C(=O)[C@H]4COc5ccccc5O4)CC3)C2=O)cc1C. The minimum Gasteiger partial charge on any atom is -0.485 e. The van der Waals surface area contributed by atoms with E-state index in [0.29, 0.717) is 43.4 Å². The molecule has 172 valence electrons. The third kappa shape index (κ3) is 3.95. The predicted molar refractivity (Wildman–Crippen MR) is 121 cm³/mol. The van der Waals surface area contributed by atoms with E-state index < -0.39 is 12.1 Å². The Bertz CT molecular complexity index is 1110. The Hall–Kier alpha value is -3.39. The van der Waals surface area contributed by atoms with Crippen LogP contribution in [0.1, 0.15) is 17.5 Å². The van der Waals surface area contributed by atoms with Gasteiger partial charge in [0.15, 0.2) is 11.5 Å². The van der Waals surface area contributed by atoms with Crippen LogP contribution < -0.4 is 14.4 Å². The van der Waals surface area contributed by atoms with Crippen LogP contribution in [0, 0.1) is 13.8 Å². The number of nitrogens with zero attached hydrogens (tertiary/aromatic N) is 3. The van der Waals surface area contributed by atoms with Gasteiger partial charge < -0.3 is 14.4 Å². The van der Waals surface area contributed by atoms with Gasteiger partial charge in [0.2, 0.25) is 12.0 Å². The molecule has 3 amide bonds. The summed E-state index contributed by atoms with van der Waals surface area (Å²) in [7, 11) is 0. The molecule has 2 atom stereocenters. The van der Waals surface area contributed by atoms with Crippen LogP contribution in [0.2, 0.25) is 0 Å². The van der Waals surface area contributed by atoms with Crippen molar-refractivity contribution in [2.24, 2.45) is 0 Å². The van der Waals surface area contributed by atoms with Gasteiger partial charge in [-0.25, -0.2) is 4.90 Å². The quantitative estimate of drug-likeness (QED) is 0.667. The highest BCUT2D eigenvalue weighted by atomic mass is 16.6. The standard InChI is InChI=1S/C25H27N3O5/c1-16-7-8-18(13-17(16)2)28-23(29)14-19(24(28)30)26-9-11-27(12-10-26)25(31)22-15-32-20-5-3-4-6-21(20)33-22/h3-8,13,19,22H,9-12,14-15H2,1-2H3/t19-,22+/m0/s1. The number of fused-ring (bicyclic) bond motifs is 1. The number of hydrogen-bond acceptors (Lipinski definition) is 6. The van der Waals surface area contributed by atoms with Crippen molar-refractivity contribution in [3.8, 4) is 11.5 Å². The number of piperazine rings is 1. The predicted octanol–water partition coefficient (Wildman–Crippen LogP) is 1.92. The lowest BCUT2D eigenvalue weighted by molar-refractivity contribution is -0.143. The number of imide groups is 1. The molecule has 0 aromatic heterocycles. The van der Waals surface area contributed by atoms with Crippen LogP contribution in [0.5, 0.6) is 11.5 Å².